The lowest BCUT2D eigenvalue weighted by molar-refractivity contribution is -0.139. The van der Waals surface area contributed by atoms with E-state index in [0.717, 1.165) is 30.6 Å². The van der Waals surface area contributed by atoms with Gasteiger partial charge in [-0.3, -0.25) is 14.4 Å². The highest BCUT2D eigenvalue weighted by Crippen LogP contribution is 2.46. The van der Waals surface area contributed by atoms with Crippen LogP contribution in [0.25, 0.3) is 10.4 Å². The van der Waals surface area contributed by atoms with E-state index in [1.54, 1.807) is 6.07 Å². The van der Waals surface area contributed by atoms with Crippen molar-refractivity contribution in [3.63, 3.8) is 0 Å². The van der Waals surface area contributed by atoms with E-state index < -0.39 is 41.1 Å². The van der Waals surface area contributed by atoms with Crippen molar-refractivity contribution in [3.8, 4) is 10.4 Å². The predicted molar refractivity (Wildman–Crippen MR) is 123 cm³/mol. The smallest absolute Gasteiger partial charge is 0.259 e. The van der Waals surface area contributed by atoms with E-state index in [2.05, 4.69) is 10.2 Å². The van der Waals surface area contributed by atoms with E-state index in [9.17, 15) is 14.4 Å². The number of amides is 2. The number of thiophene rings is 1. The maximum absolute atomic E-state index is 16.1. The van der Waals surface area contributed by atoms with E-state index in [1.165, 1.54) is 17.3 Å². The average molecular weight is 507 g/mol. The molecule has 8 nitrogen and oxygen atoms in total. The van der Waals surface area contributed by atoms with Crippen molar-refractivity contribution in [2.75, 3.05) is 13.2 Å². The van der Waals surface area contributed by atoms with E-state index in [0.29, 0.717) is 18.4 Å². The first-order valence-electron chi connectivity index (χ1n) is 11.4. The molecule has 2 aromatic heterocycles. The van der Waals surface area contributed by atoms with Gasteiger partial charge in [-0.25, -0.2) is 4.39 Å². The number of rotatable bonds is 5. The van der Waals surface area contributed by atoms with Crippen LogP contribution < -0.4 is 5.73 Å². The summed E-state index contributed by atoms with van der Waals surface area (Å²) < 4.78 is 21.6. The predicted octanol–water partition coefficient (Wildman–Crippen LogP) is 2.89. The normalized spacial score (nSPS) is 26.0. The van der Waals surface area contributed by atoms with E-state index >= 15 is 4.39 Å². The Morgan fingerprint density at radius 1 is 1.26 bits per heavy atom. The third kappa shape index (κ3) is 3.91. The molecule has 2 N–H and O–H groups in total. The maximum Gasteiger partial charge on any atom is 0.259 e. The van der Waals surface area contributed by atoms with Gasteiger partial charge >= 0.3 is 0 Å². The highest BCUT2D eigenvalue weighted by atomic mass is 35.5. The van der Waals surface area contributed by atoms with Crippen LogP contribution in [0, 0.1) is 11.7 Å². The first-order valence-corrected chi connectivity index (χ1v) is 12.6. The molecule has 2 saturated heterocycles. The molecular weight excluding hydrogens is 483 g/mol. The van der Waals surface area contributed by atoms with Crippen molar-refractivity contribution >= 4 is 40.5 Å². The summed E-state index contributed by atoms with van der Waals surface area (Å²) in [4.78, 5) is 40.7. The summed E-state index contributed by atoms with van der Waals surface area (Å²) in [5, 5.41) is 6.99. The van der Waals surface area contributed by atoms with Gasteiger partial charge in [0.2, 0.25) is 5.91 Å². The minimum atomic E-state index is -0.946. The standard InChI is InChI=1S/C23H24ClFN4O4S/c24-13-9-29(18-14(30)10-33-19(13)18)23(32)15(11-4-2-1-3-5-11)16-17(25)20(34-21(16)22(26)31)12-6-7-27-28-8-12/h6-8,11,13,15,18-19H,1-5,9-10H2,(H2,26,31)/t13-,15-,18+,19+/m0/s1. The minimum absolute atomic E-state index is 0.0143. The Morgan fingerprint density at radius 2 is 2.03 bits per heavy atom. The van der Waals surface area contributed by atoms with Crippen molar-refractivity contribution in [2.45, 2.75) is 55.5 Å². The number of primary amides is 1. The summed E-state index contributed by atoms with van der Waals surface area (Å²) in [5.74, 6) is -3.19. The van der Waals surface area contributed by atoms with E-state index in [4.69, 9.17) is 22.1 Å². The van der Waals surface area contributed by atoms with Crippen molar-refractivity contribution in [3.05, 3.63) is 34.7 Å². The number of alkyl halides is 1. The highest BCUT2D eigenvalue weighted by Gasteiger charge is 2.54. The van der Waals surface area contributed by atoms with Gasteiger partial charge in [0.25, 0.3) is 5.91 Å². The van der Waals surface area contributed by atoms with Crippen LogP contribution in [0.2, 0.25) is 0 Å². The lowest BCUT2D eigenvalue weighted by Gasteiger charge is -2.34. The van der Waals surface area contributed by atoms with Gasteiger partial charge < -0.3 is 15.4 Å². The second-order valence-electron chi connectivity index (χ2n) is 9.05. The van der Waals surface area contributed by atoms with Gasteiger partial charge in [-0.2, -0.15) is 10.2 Å². The van der Waals surface area contributed by atoms with Crippen LogP contribution in [0.15, 0.2) is 18.5 Å². The van der Waals surface area contributed by atoms with Crippen molar-refractivity contribution in [1.29, 1.82) is 0 Å². The summed E-state index contributed by atoms with van der Waals surface area (Å²) in [6.07, 6.45) is 6.52. The monoisotopic (exact) mass is 506 g/mol. The number of hydrogen-bond acceptors (Lipinski definition) is 7. The van der Waals surface area contributed by atoms with Crippen LogP contribution in [-0.2, 0) is 14.3 Å². The highest BCUT2D eigenvalue weighted by molar-refractivity contribution is 7.17. The molecule has 0 bridgehead atoms. The Morgan fingerprint density at radius 3 is 2.71 bits per heavy atom. The number of ether oxygens (including phenoxy) is 1. The lowest BCUT2D eigenvalue weighted by Crippen LogP contribution is -2.46. The van der Waals surface area contributed by atoms with Crippen LogP contribution in [-0.4, -0.2) is 63.4 Å². The number of ketones is 1. The number of likely N-dealkylation sites (tertiary alicyclic amines) is 1. The number of aromatic nitrogens is 2. The Hall–Kier alpha value is -2.43. The third-order valence-corrected chi connectivity index (χ3v) is 8.69. The summed E-state index contributed by atoms with van der Waals surface area (Å²) in [7, 11) is 0. The minimum Gasteiger partial charge on any atom is -0.366 e. The Kier molecular flexibility index (Phi) is 6.39. The van der Waals surface area contributed by atoms with Crippen LogP contribution >= 0.6 is 22.9 Å². The molecule has 4 atom stereocenters. The Bertz CT molecular complexity index is 1120. The molecule has 0 aromatic carbocycles. The molecule has 2 aromatic rings. The first kappa shape index (κ1) is 23.3. The molecular formula is C23H24ClFN4O4S. The summed E-state index contributed by atoms with van der Waals surface area (Å²) >= 11 is 7.34. The van der Waals surface area contributed by atoms with Crippen molar-refractivity contribution < 1.29 is 23.5 Å². The van der Waals surface area contributed by atoms with Crippen molar-refractivity contribution in [1.82, 2.24) is 15.1 Å². The zero-order valence-corrected chi connectivity index (χ0v) is 19.9. The Balaban J connectivity index is 1.62. The first-order chi connectivity index (χ1) is 16.4. The summed E-state index contributed by atoms with van der Waals surface area (Å²) in [5.41, 5.74) is 6.14. The van der Waals surface area contributed by atoms with Gasteiger partial charge in [0.15, 0.2) is 5.78 Å². The van der Waals surface area contributed by atoms with E-state index in [1.807, 2.05) is 0 Å². The topological polar surface area (TPSA) is 115 Å². The quantitative estimate of drug-likeness (QED) is 0.623. The van der Waals surface area contributed by atoms with Crippen LogP contribution in [0.5, 0.6) is 0 Å². The molecule has 34 heavy (non-hydrogen) atoms. The molecule has 3 fully saturated rings. The second kappa shape index (κ2) is 9.31. The third-order valence-electron chi connectivity index (χ3n) is 7.06. The fourth-order valence-electron chi connectivity index (χ4n) is 5.53. The molecule has 0 unspecified atom stereocenters. The van der Waals surface area contributed by atoms with Crippen molar-refractivity contribution in [2.24, 2.45) is 11.7 Å². The molecule has 5 rings (SSSR count). The molecule has 1 aliphatic carbocycles. The molecule has 3 aliphatic rings. The number of nitrogens with zero attached hydrogens (tertiary/aromatic N) is 3. The van der Waals surface area contributed by atoms with Crippen LogP contribution in [0.3, 0.4) is 0 Å². The number of carbonyl (C=O) groups excluding carboxylic acids is 3. The number of carbonyl (C=O) groups is 3. The number of halogens is 2. The number of hydrogen-bond donors (Lipinski definition) is 1. The molecule has 4 heterocycles. The van der Waals surface area contributed by atoms with E-state index in [-0.39, 0.29) is 40.2 Å². The van der Waals surface area contributed by atoms with Gasteiger partial charge in [-0.15, -0.1) is 22.9 Å². The van der Waals surface area contributed by atoms with Crippen LogP contribution in [0.1, 0.15) is 53.3 Å². The van der Waals surface area contributed by atoms with Gasteiger partial charge in [-0.1, -0.05) is 19.3 Å². The van der Waals surface area contributed by atoms with Gasteiger partial charge in [0.05, 0.1) is 33.4 Å². The molecule has 1 saturated carbocycles. The Labute approximate surface area is 204 Å². The number of nitrogens with two attached hydrogens (primary N) is 1. The molecule has 180 valence electrons. The number of fused-ring (bicyclic) bond motifs is 1. The molecule has 11 heteroatoms. The lowest BCUT2D eigenvalue weighted by atomic mass is 9.75. The molecule has 0 radical (unpaired) electrons. The van der Waals surface area contributed by atoms with Crippen LogP contribution in [0.4, 0.5) is 4.39 Å². The second-order valence-corrected chi connectivity index (χ2v) is 10.6. The molecule has 2 aliphatic heterocycles. The number of Topliss-reactive ketones (excluding diaryl/α,β-unsaturated/α-hetero) is 1. The fourth-order valence-corrected chi connectivity index (χ4v) is 6.95. The average Bonchev–Trinajstić information content (AvgIpc) is 3.50. The zero-order valence-electron chi connectivity index (χ0n) is 18.3. The van der Waals surface area contributed by atoms with Gasteiger partial charge in [0, 0.05) is 17.7 Å². The summed E-state index contributed by atoms with van der Waals surface area (Å²) in [6.45, 7) is 0.0262. The largest absolute Gasteiger partial charge is 0.366 e. The summed E-state index contributed by atoms with van der Waals surface area (Å²) in [6, 6.07) is 0.801. The zero-order chi connectivity index (χ0) is 24.0. The molecule has 2 amide bonds. The van der Waals surface area contributed by atoms with Gasteiger partial charge in [-0.05, 0) is 24.8 Å². The maximum atomic E-state index is 16.1. The molecule has 0 spiro atoms. The van der Waals surface area contributed by atoms with Gasteiger partial charge in [0.1, 0.15) is 24.6 Å². The SMILES string of the molecule is NC(=O)c1sc(-c2ccnnc2)c(F)c1[C@@H](C(=O)N1C[C@H](Cl)[C@H]2OCC(=O)[C@H]21)C1CCCCC1. The fraction of sp³-hybridized carbons (Fsp3) is 0.522.